The maximum Gasteiger partial charge on any atom is 0.189 e. The maximum atomic E-state index is 8.17. The largest absolute Gasteiger partial charge is 0.311 e. The molecule has 0 fully saturated rings. The van der Waals surface area contributed by atoms with Gasteiger partial charge in [-0.15, -0.1) is 0 Å². The van der Waals surface area contributed by atoms with Crippen molar-refractivity contribution in [3.8, 4) is 11.4 Å². The lowest BCUT2D eigenvalue weighted by Crippen LogP contribution is -2.54. The first-order valence-corrected chi connectivity index (χ1v) is 17.5. The van der Waals surface area contributed by atoms with Crippen LogP contribution in [0.3, 0.4) is 0 Å². The molecular weight excluding hydrogens is 541 g/mol. The molecule has 0 saturated heterocycles. The molecular formula is C38H28N4Si. The van der Waals surface area contributed by atoms with Crippen LogP contribution in [0.4, 0.5) is 5.69 Å². The van der Waals surface area contributed by atoms with Crippen molar-refractivity contribution in [2.45, 2.75) is 13.1 Å². The third kappa shape index (κ3) is 3.77. The van der Waals surface area contributed by atoms with E-state index in [0.717, 1.165) is 32.9 Å². The summed E-state index contributed by atoms with van der Waals surface area (Å²) in [5, 5.41) is 7.07. The van der Waals surface area contributed by atoms with Crippen LogP contribution in [0.25, 0.3) is 59.8 Å². The molecule has 5 heteroatoms. The van der Waals surface area contributed by atoms with Gasteiger partial charge in [-0.1, -0.05) is 92.0 Å². The Kier molecular flexibility index (Phi) is 5.62. The van der Waals surface area contributed by atoms with Gasteiger partial charge >= 0.3 is 0 Å². The maximum absolute atomic E-state index is 8.17. The van der Waals surface area contributed by atoms with Crippen molar-refractivity contribution in [3.05, 3.63) is 145 Å². The summed E-state index contributed by atoms with van der Waals surface area (Å²) < 4.78 is 4.57. The van der Waals surface area contributed by atoms with Gasteiger partial charge in [0.15, 0.2) is 5.69 Å². The lowest BCUT2D eigenvalue weighted by atomic mass is 10.2. The topological polar surface area (TPSA) is 27.1 Å². The van der Waals surface area contributed by atoms with Crippen molar-refractivity contribution in [2.75, 3.05) is 0 Å². The van der Waals surface area contributed by atoms with Gasteiger partial charge in [-0.2, -0.15) is 0 Å². The average molecular weight is 569 g/mol. The minimum Gasteiger partial charge on any atom is -0.311 e. The molecule has 0 aliphatic heterocycles. The molecule has 8 rings (SSSR count). The number of hydrogen-bond acceptors (Lipinski definition) is 1. The molecule has 204 valence electrons. The van der Waals surface area contributed by atoms with E-state index < -0.39 is 8.07 Å². The van der Waals surface area contributed by atoms with E-state index in [4.69, 9.17) is 11.6 Å². The Morgan fingerprint density at radius 3 is 1.44 bits per heavy atom. The van der Waals surface area contributed by atoms with Crippen molar-refractivity contribution in [3.63, 3.8) is 0 Å². The van der Waals surface area contributed by atoms with E-state index in [0.29, 0.717) is 5.69 Å². The molecule has 0 saturated carbocycles. The van der Waals surface area contributed by atoms with Gasteiger partial charge in [0, 0.05) is 32.5 Å². The van der Waals surface area contributed by atoms with E-state index in [1.165, 1.54) is 32.6 Å². The number of rotatable bonds is 4. The minimum absolute atomic E-state index is 0.698. The molecule has 0 N–H and O–H groups in total. The first-order chi connectivity index (χ1) is 21.1. The van der Waals surface area contributed by atoms with E-state index in [-0.39, 0.29) is 0 Å². The Labute approximate surface area is 250 Å². The molecule has 43 heavy (non-hydrogen) atoms. The highest BCUT2D eigenvalue weighted by atomic mass is 28.3. The fourth-order valence-corrected chi connectivity index (χ4v) is 9.14. The fourth-order valence-electron chi connectivity index (χ4n) is 6.71. The highest BCUT2D eigenvalue weighted by molar-refractivity contribution is 7.00. The van der Waals surface area contributed by atoms with Crippen LogP contribution in [0.5, 0.6) is 0 Å². The predicted molar refractivity (Wildman–Crippen MR) is 182 cm³/mol. The van der Waals surface area contributed by atoms with Crippen LogP contribution < -0.4 is 10.5 Å². The van der Waals surface area contributed by atoms with E-state index in [2.05, 4.69) is 154 Å². The molecule has 3 heterocycles. The van der Waals surface area contributed by atoms with Crippen molar-refractivity contribution >= 4 is 67.9 Å². The third-order valence-corrected chi connectivity index (χ3v) is 12.2. The highest BCUT2D eigenvalue weighted by Crippen LogP contribution is 2.34. The van der Waals surface area contributed by atoms with Crippen molar-refractivity contribution in [1.29, 1.82) is 0 Å². The molecule has 0 spiro atoms. The van der Waals surface area contributed by atoms with Crippen LogP contribution >= 0.6 is 0 Å². The van der Waals surface area contributed by atoms with Crippen LogP contribution in [0.15, 0.2) is 134 Å². The average Bonchev–Trinajstić information content (AvgIpc) is 3.58. The lowest BCUT2D eigenvalue weighted by Gasteiger charge is -2.25. The van der Waals surface area contributed by atoms with Crippen molar-refractivity contribution in [1.82, 2.24) is 14.1 Å². The smallest absolute Gasteiger partial charge is 0.189 e. The predicted octanol–water partition coefficient (Wildman–Crippen LogP) is 8.65. The number of fused-ring (bicyclic) bond motifs is 6. The van der Waals surface area contributed by atoms with Crippen LogP contribution in [-0.4, -0.2) is 22.2 Å². The Hall–Kier alpha value is -5.44. The summed E-state index contributed by atoms with van der Waals surface area (Å²) in [6.07, 6.45) is 1.99. The minimum atomic E-state index is -2.29. The number of pyridine rings is 1. The molecule has 4 nitrogen and oxygen atoms in total. The Bertz CT molecular complexity index is 2280. The second-order valence-electron chi connectivity index (χ2n) is 11.6. The zero-order chi connectivity index (χ0) is 29.1. The second-order valence-corrected chi connectivity index (χ2v) is 15.9. The van der Waals surface area contributed by atoms with E-state index in [1.54, 1.807) is 0 Å². The molecule has 0 unspecified atom stereocenters. The van der Waals surface area contributed by atoms with Crippen LogP contribution in [0.2, 0.25) is 13.1 Å². The molecule has 8 aromatic rings. The van der Waals surface area contributed by atoms with Crippen LogP contribution in [-0.2, 0) is 0 Å². The van der Waals surface area contributed by atoms with Gasteiger partial charge in [0.2, 0.25) is 0 Å². The zero-order valence-corrected chi connectivity index (χ0v) is 25.0. The van der Waals surface area contributed by atoms with Gasteiger partial charge < -0.3 is 9.13 Å². The monoisotopic (exact) mass is 568 g/mol. The molecule has 0 aliphatic carbocycles. The summed E-state index contributed by atoms with van der Waals surface area (Å²) in [6, 6.07) is 44.8. The Morgan fingerprint density at radius 1 is 0.558 bits per heavy atom. The summed E-state index contributed by atoms with van der Waals surface area (Å²) in [5.74, 6) is 0. The Balaban J connectivity index is 1.22. The SMILES string of the molecule is [C-]#[N+]c1cc(-n2c3ccccc3c3ccccc32)ccc1[Si](C)(C)c1ccc(-n2c3ccccc3c3ccccc32)cn1. The standard InChI is InChI=1S/C38H28N4Si/c1-39-32-24-26(41-33-16-8-4-12-28(33)29-13-5-9-17-34(29)41)20-22-37(32)43(2,3)38-23-21-27(25-40-38)42-35-18-10-6-14-30(35)31-15-7-11-19-36(31)42/h4-25H,2-3H3. The van der Waals surface area contributed by atoms with Gasteiger partial charge in [-0.3, -0.25) is 4.98 Å². The van der Waals surface area contributed by atoms with Crippen LogP contribution in [0.1, 0.15) is 0 Å². The second kappa shape index (κ2) is 9.55. The van der Waals surface area contributed by atoms with Gasteiger partial charge in [-0.05, 0) is 53.7 Å². The molecule has 0 atom stereocenters. The van der Waals surface area contributed by atoms with E-state index >= 15 is 0 Å². The molecule has 0 radical (unpaired) electrons. The normalized spacial score (nSPS) is 11.9. The highest BCUT2D eigenvalue weighted by Gasteiger charge is 2.30. The quantitative estimate of drug-likeness (QED) is 0.154. The van der Waals surface area contributed by atoms with Gasteiger partial charge in [-0.25, -0.2) is 4.85 Å². The third-order valence-electron chi connectivity index (χ3n) is 8.84. The molecule has 3 aromatic heterocycles. The zero-order valence-electron chi connectivity index (χ0n) is 24.0. The molecule has 0 aliphatic rings. The van der Waals surface area contributed by atoms with Crippen molar-refractivity contribution < 1.29 is 0 Å². The number of nitrogens with zero attached hydrogens (tertiary/aromatic N) is 4. The fraction of sp³-hybridized carbons (Fsp3) is 0.0526. The first-order valence-electron chi connectivity index (χ1n) is 14.5. The van der Waals surface area contributed by atoms with Gasteiger partial charge in [0.25, 0.3) is 0 Å². The van der Waals surface area contributed by atoms with E-state index in [9.17, 15) is 0 Å². The summed E-state index contributed by atoms with van der Waals surface area (Å²) in [5.41, 5.74) is 7.38. The first kappa shape index (κ1) is 25.3. The molecule has 0 amide bonds. The number of benzene rings is 5. The summed E-state index contributed by atoms with van der Waals surface area (Å²) in [7, 11) is -2.29. The summed E-state index contributed by atoms with van der Waals surface area (Å²) in [4.78, 5) is 9.12. The van der Waals surface area contributed by atoms with Gasteiger partial charge in [0.1, 0.15) is 8.07 Å². The van der Waals surface area contributed by atoms with Crippen LogP contribution in [0, 0.1) is 6.57 Å². The number of hydrogen-bond donors (Lipinski definition) is 0. The number of para-hydroxylation sites is 4. The summed E-state index contributed by atoms with van der Waals surface area (Å²) in [6.45, 7) is 12.8. The molecule has 0 bridgehead atoms. The summed E-state index contributed by atoms with van der Waals surface area (Å²) >= 11 is 0. The number of aromatic nitrogens is 3. The van der Waals surface area contributed by atoms with Crippen molar-refractivity contribution in [2.24, 2.45) is 0 Å². The molecule has 5 aromatic carbocycles. The Morgan fingerprint density at radius 2 is 1.00 bits per heavy atom. The van der Waals surface area contributed by atoms with Gasteiger partial charge in [0.05, 0.1) is 40.5 Å². The van der Waals surface area contributed by atoms with E-state index in [1.807, 2.05) is 6.20 Å². The lowest BCUT2D eigenvalue weighted by molar-refractivity contribution is 1.15.